The van der Waals surface area contributed by atoms with Crippen molar-refractivity contribution in [3.8, 4) is 0 Å². The highest BCUT2D eigenvalue weighted by molar-refractivity contribution is 5.61. The summed E-state index contributed by atoms with van der Waals surface area (Å²) in [4.78, 5) is 4.77. The topological polar surface area (TPSA) is 24.4 Å². The van der Waals surface area contributed by atoms with Gasteiger partial charge in [-0.15, -0.1) is 0 Å². The fourth-order valence-electron chi connectivity index (χ4n) is 4.01. The van der Waals surface area contributed by atoms with Crippen LogP contribution in [0.5, 0.6) is 0 Å². The lowest BCUT2D eigenvalue weighted by Gasteiger charge is -2.35. The van der Waals surface area contributed by atoms with Crippen LogP contribution in [0.4, 0.5) is 0 Å². The van der Waals surface area contributed by atoms with E-state index in [4.69, 9.17) is 4.99 Å². The number of rotatable bonds is 4. The Hall–Kier alpha value is -0.630. The largest absolute Gasteiger partial charge is 0.308 e. The molecule has 20 heavy (non-hydrogen) atoms. The molecule has 2 rings (SSSR count). The first kappa shape index (κ1) is 15.8. The molecule has 1 saturated carbocycles. The number of allylic oxidation sites excluding steroid dienone is 2. The number of hydrogen-bond acceptors (Lipinski definition) is 2. The minimum Gasteiger partial charge on any atom is -0.308 e. The second-order valence-electron chi connectivity index (χ2n) is 7.09. The van der Waals surface area contributed by atoms with E-state index in [-0.39, 0.29) is 0 Å². The van der Waals surface area contributed by atoms with E-state index in [2.05, 4.69) is 39.2 Å². The minimum absolute atomic E-state index is 0.646. The Balaban J connectivity index is 1.84. The fraction of sp³-hybridized carbons (Fsp3) is 0.833. The molecule has 0 saturated heterocycles. The molecule has 2 aliphatic carbocycles. The van der Waals surface area contributed by atoms with E-state index < -0.39 is 0 Å². The first-order valence-electron chi connectivity index (χ1n) is 8.55. The third kappa shape index (κ3) is 3.94. The van der Waals surface area contributed by atoms with E-state index in [1.807, 2.05) is 0 Å². The average Bonchev–Trinajstić information content (AvgIpc) is 2.40. The zero-order valence-electron chi connectivity index (χ0n) is 13.8. The maximum absolute atomic E-state index is 4.77. The van der Waals surface area contributed by atoms with Crippen LogP contribution in [0.15, 0.2) is 16.3 Å². The quantitative estimate of drug-likeness (QED) is 0.748. The molecular weight excluding hydrogens is 244 g/mol. The molecular formula is C18H32N2. The van der Waals surface area contributed by atoms with Crippen molar-refractivity contribution in [2.45, 2.75) is 72.3 Å². The summed E-state index contributed by atoms with van der Waals surface area (Å²) in [7, 11) is 0. The lowest BCUT2D eigenvalue weighted by molar-refractivity contribution is 0.216. The third-order valence-electron chi connectivity index (χ3n) is 5.31. The normalized spacial score (nSPS) is 35.8. The molecule has 0 aromatic heterocycles. The van der Waals surface area contributed by atoms with Gasteiger partial charge in [-0.05, 0) is 56.8 Å². The van der Waals surface area contributed by atoms with Gasteiger partial charge in [0.25, 0.3) is 0 Å². The summed E-state index contributed by atoms with van der Waals surface area (Å²) in [6.07, 6.45) is 10.1. The zero-order chi connectivity index (χ0) is 14.5. The molecule has 0 aliphatic heterocycles. The van der Waals surface area contributed by atoms with E-state index in [0.717, 1.165) is 18.4 Å². The number of nitrogens with one attached hydrogen (secondary N) is 1. The molecule has 2 nitrogen and oxygen atoms in total. The Morgan fingerprint density at radius 3 is 2.45 bits per heavy atom. The van der Waals surface area contributed by atoms with Crippen LogP contribution in [-0.4, -0.2) is 18.8 Å². The third-order valence-corrected chi connectivity index (χ3v) is 5.31. The average molecular weight is 276 g/mol. The second-order valence-corrected chi connectivity index (χ2v) is 7.09. The molecule has 114 valence electrons. The van der Waals surface area contributed by atoms with Gasteiger partial charge in [-0.3, -0.25) is 4.99 Å². The van der Waals surface area contributed by atoms with Gasteiger partial charge < -0.3 is 5.32 Å². The summed E-state index contributed by atoms with van der Waals surface area (Å²) in [6.45, 7) is 10.3. The Labute approximate surface area is 125 Å². The SMILES string of the molecule is CC1=C(N=CCNC2C(C)CCCC2C)C(C)CCC1. The summed E-state index contributed by atoms with van der Waals surface area (Å²) in [6, 6.07) is 0.675. The van der Waals surface area contributed by atoms with Gasteiger partial charge in [-0.1, -0.05) is 32.8 Å². The van der Waals surface area contributed by atoms with E-state index in [0.29, 0.717) is 12.0 Å². The molecule has 1 fully saturated rings. The Morgan fingerprint density at radius 1 is 1.10 bits per heavy atom. The number of nitrogens with zero attached hydrogens (tertiary/aromatic N) is 1. The molecule has 0 radical (unpaired) electrons. The first-order valence-corrected chi connectivity index (χ1v) is 8.55. The van der Waals surface area contributed by atoms with Crippen molar-refractivity contribution in [3.05, 3.63) is 11.3 Å². The molecule has 0 aromatic rings. The van der Waals surface area contributed by atoms with Crippen molar-refractivity contribution in [1.82, 2.24) is 5.32 Å². The van der Waals surface area contributed by atoms with Gasteiger partial charge in [-0.2, -0.15) is 0 Å². The van der Waals surface area contributed by atoms with Crippen molar-refractivity contribution >= 4 is 6.21 Å². The van der Waals surface area contributed by atoms with Crippen LogP contribution in [0.1, 0.15) is 66.2 Å². The summed E-state index contributed by atoms with van der Waals surface area (Å²) in [5.74, 6) is 2.26. The Bertz CT molecular complexity index is 360. The van der Waals surface area contributed by atoms with Gasteiger partial charge in [0.1, 0.15) is 0 Å². The Morgan fingerprint density at radius 2 is 1.80 bits per heavy atom. The van der Waals surface area contributed by atoms with Crippen molar-refractivity contribution in [2.75, 3.05) is 6.54 Å². The summed E-state index contributed by atoms with van der Waals surface area (Å²) >= 11 is 0. The van der Waals surface area contributed by atoms with Crippen molar-refractivity contribution < 1.29 is 0 Å². The standard InChI is InChI=1S/C18H32N2/c1-13-7-5-8-14(2)17(13)19-11-12-20-18-15(3)9-6-10-16(18)4/h11,13,15-16,18,20H,5-10,12H2,1-4H3. The predicted molar refractivity (Wildman–Crippen MR) is 88.2 cm³/mol. The van der Waals surface area contributed by atoms with E-state index in [1.54, 1.807) is 0 Å². The number of hydrogen-bond donors (Lipinski definition) is 1. The predicted octanol–water partition coefficient (Wildman–Crippen LogP) is 4.57. The second kappa shape index (κ2) is 7.40. The van der Waals surface area contributed by atoms with Crippen molar-refractivity contribution in [1.29, 1.82) is 0 Å². The molecule has 3 unspecified atom stereocenters. The van der Waals surface area contributed by atoms with Crippen LogP contribution >= 0.6 is 0 Å². The van der Waals surface area contributed by atoms with Crippen LogP contribution in [-0.2, 0) is 0 Å². The highest BCUT2D eigenvalue weighted by atomic mass is 14.9. The van der Waals surface area contributed by atoms with Crippen LogP contribution in [0, 0.1) is 17.8 Å². The van der Waals surface area contributed by atoms with Gasteiger partial charge in [-0.25, -0.2) is 0 Å². The molecule has 0 spiro atoms. The number of aliphatic imine (C=N–C) groups is 1. The lowest BCUT2D eigenvalue weighted by Crippen LogP contribution is -2.43. The van der Waals surface area contributed by atoms with Gasteiger partial charge in [0.2, 0.25) is 0 Å². The molecule has 0 aromatic carbocycles. The van der Waals surface area contributed by atoms with E-state index in [1.165, 1.54) is 49.8 Å². The van der Waals surface area contributed by atoms with Crippen LogP contribution < -0.4 is 5.32 Å². The molecule has 0 heterocycles. The zero-order valence-corrected chi connectivity index (χ0v) is 13.8. The van der Waals surface area contributed by atoms with Gasteiger partial charge in [0.05, 0.1) is 0 Å². The smallest absolute Gasteiger partial charge is 0.0417 e. The minimum atomic E-state index is 0.646. The van der Waals surface area contributed by atoms with Gasteiger partial charge in [0, 0.05) is 24.5 Å². The van der Waals surface area contributed by atoms with Crippen LogP contribution in [0.25, 0.3) is 0 Å². The maximum atomic E-state index is 4.77. The first-order chi connectivity index (χ1) is 9.59. The van der Waals surface area contributed by atoms with Crippen molar-refractivity contribution in [3.63, 3.8) is 0 Å². The molecule has 2 aliphatic rings. The van der Waals surface area contributed by atoms with E-state index >= 15 is 0 Å². The highest BCUT2D eigenvalue weighted by Crippen LogP contribution is 2.30. The highest BCUT2D eigenvalue weighted by Gasteiger charge is 2.26. The summed E-state index contributed by atoms with van der Waals surface area (Å²) in [5, 5.41) is 3.72. The maximum Gasteiger partial charge on any atom is 0.0417 e. The molecule has 1 N–H and O–H groups in total. The van der Waals surface area contributed by atoms with Crippen LogP contribution in [0.3, 0.4) is 0 Å². The van der Waals surface area contributed by atoms with E-state index in [9.17, 15) is 0 Å². The molecule has 0 amide bonds. The van der Waals surface area contributed by atoms with Gasteiger partial charge >= 0.3 is 0 Å². The Kier molecular flexibility index (Phi) is 5.83. The molecule has 3 atom stereocenters. The molecule has 2 heteroatoms. The van der Waals surface area contributed by atoms with Crippen molar-refractivity contribution in [2.24, 2.45) is 22.7 Å². The molecule has 0 bridgehead atoms. The summed E-state index contributed by atoms with van der Waals surface area (Å²) in [5.41, 5.74) is 2.85. The fourth-order valence-corrected chi connectivity index (χ4v) is 4.01. The van der Waals surface area contributed by atoms with Crippen LogP contribution in [0.2, 0.25) is 0 Å². The van der Waals surface area contributed by atoms with Gasteiger partial charge in [0.15, 0.2) is 0 Å². The lowest BCUT2D eigenvalue weighted by atomic mass is 9.79. The monoisotopic (exact) mass is 276 g/mol. The summed E-state index contributed by atoms with van der Waals surface area (Å²) < 4.78 is 0.